The minimum Gasteiger partial charge on any atom is -0.377 e. The van der Waals surface area contributed by atoms with Crippen molar-refractivity contribution in [2.75, 3.05) is 18.5 Å². The monoisotopic (exact) mass is 404 g/mol. The fraction of sp³-hybridized carbons (Fsp3) is 0.292. The molecule has 2 aromatic heterocycles. The first kappa shape index (κ1) is 21.6. The lowest BCUT2D eigenvalue weighted by Gasteiger charge is -2.07. The lowest BCUT2D eigenvalue weighted by molar-refractivity contribution is 0.102. The molecule has 3 aromatic rings. The summed E-state index contributed by atoms with van der Waals surface area (Å²) < 4.78 is 5.67. The number of amides is 1. The Labute approximate surface area is 177 Å². The molecule has 0 radical (unpaired) electrons. The second kappa shape index (κ2) is 12.5. The minimum atomic E-state index is -0.154. The fourth-order valence-electron chi connectivity index (χ4n) is 2.94. The Morgan fingerprint density at radius 1 is 0.900 bits per heavy atom. The maximum atomic E-state index is 12.2. The average Bonchev–Trinajstić information content (AvgIpc) is 2.80. The summed E-state index contributed by atoms with van der Waals surface area (Å²) in [6, 6.07) is 17.0. The van der Waals surface area contributed by atoms with E-state index in [1.165, 1.54) is 0 Å². The first-order valence-corrected chi connectivity index (χ1v) is 10.3. The van der Waals surface area contributed by atoms with Gasteiger partial charge < -0.3 is 15.4 Å². The van der Waals surface area contributed by atoms with Gasteiger partial charge in [0.25, 0.3) is 5.91 Å². The third-order valence-electron chi connectivity index (χ3n) is 4.59. The molecule has 0 unspecified atom stereocenters. The zero-order valence-electron chi connectivity index (χ0n) is 17.1. The number of benzene rings is 1. The van der Waals surface area contributed by atoms with E-state index in [1.54, 1.807) is 18.5 Å². The predicted octanol–water partition coefficient (Wildman–Crippen LogP) is 4.21. The Morgan fingerprint density at radius 2 is 1.80 bits per heavy atom. The molecule has 0 aliphatic heterocycles. The molecule has 0 saturated carbocycles. The topological polar surface area (TPSA) is 76.1 Å². The van der Waals surface area contributed by atoms with E-state index < -0.39 is 0 Å². The summed E-state index contributed by atoms with van der Waals surface area (Å²) in [5, 5.41) is 6.24. The smallest absolute Gasteiger partial charge is 0.256 e. The van der Waals surface area contributed by atoms with E-state index >= 15 is 0 Å². The van der Waals surface area contributed by atoms with E-state index in [-0.39, 0.29) is 5.91 Å². The Morgan fingerprint density at radius 3 is 2.57 bits per heavy atom. The SMILES string of the molecule is O=C(Nc1ccccn1)c1ccc(CNCCCCCOCc2cccnc2)cc1. The zero-order chi connectivity index (χ0) is 20.9. The highest BCUT2D eigenvalue weighted by molar-refractivity contribution is 6.03. The molecule has 1 amide bonds. The molecule has 156 valence electrons. The average molecular weight is 405 g/mol. The molecule has 0 bridgehead atoms. The summed E-state index contributed by atoms with van der Waals surface area (Å²) in [5.41, 5.74) is 2.89. The summed E-state index contributed by atoms with van der Waals surface area (Å²) in [6.45, 7) is 3.16. The quantitative estimate of drug-likeness (QED) is 0.442. The van der Waals surface area contributed by atoms with Gasteiger partial charge >= 0.3 is 0 Å². The number of hydrogen-bond donors (Lipinski definition) is 2. The van der Waals surface area contributed by atoms with Crippen LogP contribution in [0, 0.1) is 0 Å². The van der Waals surface area contributed by atoms with Crippen LogP contribution in [0.5, 0.6) is 0 Å². The first-order chi connectivity index (χ1) is 14.8. The van der Waals surface area contributed by atoms with Crippen LogP contribution in [0.25, 0.3) is 0 Å². The van der Waals surface area contributed by atoms with Crippen LogP contribution < -0.4 is 10.6 Å². The molecule has 30 heavy (non-hydrogen) atoms. The number of aromatic nitrogens is 2. The first-order valence-electron chi connectivity index (χ1n) is 10.3. The summed E-state index contributed by atoms with van der Waals surface area (Å²) in [7, 11) is 0. The largest absolute Gasteiger partial charge is 0.377 e. The molecule has 0 fully saturated rings. The van der Waals surface area contributed by atoms with Crippen LogP contribution in [0.2, 0.25) is 0 Å². The summed E-state index contributed by atoms with van der Waals surface area (Å²) in [6.07, 6.45) is 8.56. The van der Waals surface area contributed by atoms with Crippen LogP contribution in [0.1, 0.15) is 40.7 Å². The molecule has 0 aliphatic carbocycles. The molecule has 2 heterocycles. The molecular formula is C24H28N4O2. The van der Waals surface area contributed by atoms with Crippen molar-refractivity contribution in [3.8, 4) is 0 Å². The fourth-order valence-corrected chi connectivity index (χ4v) is 2.94. The highest BCUT2D eigenvalue weighted by Crippen LogP contribution is 2.08. The number of anilines is 1. The van der Waals surface area contributed by atoms with Crippen molar-refractivity contribution in [1.29, 1.82) is 0 Å². The van der Waals surface area contributed by atoms with Gasteiger partial charge in [0.1, 0.15) is 5.82 Å². The number of ether oxygens (including phenoxy) is 1. The lowest BCUT2D eigenvalue weighted by atomic mass is 10.1. The number of rotatable bonds is 12. The number of nitrogens with one attached hydrogen (secondary N) is 2. The second-order valence-corrected chi connectivity index (χ2v) is 7.02. The molecule has 0 atom stereocenters. The van der Waals surface area contributed by atoms with Crippen LogP contribution in [-0.2, 0) is 17.9 Å². The maximum absolute atomic E-state index is 12.2. The number of hydrogen-bond acceptors (Lipinski definition) is 5. The van der Waals surface area contributed by atoms with E-state index in [2.05, 4.69) is 20.6 Å². The third kappa shape index (κ3) is 7.73. The van der Waals surface area contributed by atoms with Gasteiger partial charge in [-0.3, -0.25) is 9.78 Å². The van der Waals surface area contributed by atoms with Crippen molar-refractivity contribution in [2.24, 2.45) is 0 Å². The molecular weight excluding hydrogens is 376 g/mol. The Balaban J connectivity index is 1.24. The maximum Gasteiger partial charge on any atom is 0.256 e. The van der Waals surface area contributed by atoms with Gasteiger partial charge in [-0.25, -0.2) is 4.98 Å². The molecule has 0 saturated heterocycles. The number of carbonyl (C=O) groups excluding carboxylic acids is 1. The normalized spacial score (nSPS) is 10.7. The van der Waals surface area contributed by atoms with Crippen molar-refractivity contribution < 1.29 is 9.53 Å². The van der Waals surface area contributed by atoms with Crippen molar-refractivity contribution >= 4 is 11.7 Å². The van der Waals surface area contributed by atoms with Crippen molar-refractivity contribution in [3.63, 3.8) is 0 Å². The molecule has 2 N–H and O–H groups in total. The molecule has 0 spiro atoms. The number of unbranched alkanes of at least 4 members (excludes halogenated alkanes) is 2. The van der Waals surface area contributed by atoms with E-state index in [0.717, 1.165) is 50.1 Å². The van der Waals surface area contributed by atoms with Crippen LogP contribution >= 0.6 is 0 Å². The van der Waals surface area contributed by atoms with Gasteiger partial charge in [0, 0.05) is 37.3 Å². The van der Waals surface area contributed by atoms with Crippen molar-refractivity contribution in [1.82, 2.24) is 15.3 Å². The predicted molar refractivity (Wildman–Crippen MR) is 118 cm³/mol. The number of nitrogens with zero attached hydrogens (tertiary/aromatic N) is 2. The molecule has 0 aliphatic rings. The molecule has 6 heteroatoms. The van der Waals surface area contributed by atoms with Crippen LogP contribution in [-0.4, -0.2) is 29.0 Å². The summed E-state index contributed by atoms with van der Waals surface area (Å²) >= 11 is 0. The highest BCUT2D eigenvalue weighted by atomic mass is 16.5. The third-order valence-corrected chi connectivity index (χ3v) is 4.59. The number of pyridine rings is 2. The van der Waals surface area contributed by atoms with Gasteiger partial charge in [0.2, 0.25) is 0 Å². The highest BCUT2D eigenvalue weighted by Gasteiger charge is 2.06. The zero-order valence-corrected chi connectivity index (χ0v) is 17.1. The van der Waals surface area contributed by atoms with Crippen LogP contribution in [0.3, 0.4) is 0 Å². The standard InChI is InChI=1S/C24H28N4O2/c29-24(28-23-8-2-4-15-27-23)22-11-9-20(10-12-22)17-25-13-3-1-5-16-30-19-21-7-6-14-26-18-21/h2,4,6-12,14-15,18,25H,1,3,5,13,16-17,19H2,(H,27,28,29). The van der Waals surface area contributed by atoms with Crippen molar-refractivity contribution in [2.45, 2.75) is 32.4 Å². The Bertz CT molecular complexity index is 871. The molecule has 6 nitrogen and oxygen atoms in total. The lowest BCUT2D eigenvalue weighted by Crippen LogP contribution is -2.15. The van der Waals surface area contributed by atoms with Gasteiger partial charge in [0.05, 0.1) is 6.61 Å². The van der Waals surface area contributed by atoms with Crippen molar-refractivity contribution in [3.05, 3.63) is 89.9 Å². The summed E-state index contributed by atoms with van der Waals surface area (Å²) in [5.74, 6) is 0.398. The van der Waals surface area contributed by atoms with Gasteiger partial charge in [0.15, 0.2) is 0 Å². The van der Waals surface area contributed by atoms with Crippen LogP contribution in [0.15, 0.2) is 73.2 Å². The van der Waals surface area contributed by atoms with Crippen LogP contribution in [0.4, 0.5) is 5.82 Å². The minimum absolute atomic E-state index is 0.154. The molecule has 1 aromatic carbocycles. The van der Waals surface area contributed by atoms with E-state index in [0.29, 0.717) is 18.0 Å². The van der Waals surface area contributed by atoms with E-state index in [9.17, 15) is 4.79 Å². The van der Waals surface area contributed by atoms with Gasteiger partial charge in [-0.15, -0.1) is 0 Å². The van der Waals surface area contributed by atoms with Gasteiger partial charge in [-0.1, -0.05) is 24.3 Å². The second-order valence-electron chi connectivity index (χ2n) is 7.02. The Hall–Kier alpha value is -3.09. The van der Waals surface area contributed by atoms with Gasteiger partial charge in [-0.05, 0) is 67.3 Å². The summed E-state index contributed by atoms with van der Waals surface area (Å²) in [4.78, 5) is 20.4. The molecule has 3 rings (SSSR count). The van der Waals surface area contributed by atoms with Gasteiger partial charge in [-0.2, -0.15) is 0 Å². The van der Waals surface area contributed by atoms with E-state index in [4.69, 9.17) is 4.74 Å². The van der Waals surface area contributed by atoms with E-state index in [1.807, 2.05) is 54.7 Å². The number of carbonyl (C=O) groups is 1. The Kier molecular flexibility index (Phi) is 8.98.